The van der Waals surface area contributed by atoms with E-state index >= 15 is 4.39 Å². The van der Waals surface area contributed by atoms with Crippen LogP contribution in [0.5, 0.6) is 5.88 Å². The molecule has 0 bridgehead atoms. The van der Waals surface area contributed by atoms with E-state index in [0.29, 0.717) is 49.4 Å². The molecule has 1 aromatic carbocycles. The number of fused-ring (bicyclic) bond motifs is 3. The largest absolute Gasteiger partial charge is 0.474 e. The molecule has 0 radical (unpaired) electrons. The number of halogens is 1. The van der Waals surface area contributed by atoms with Gasteiger partial charge in [-0.1, -0.05) is 12.1 Å². The van der Waals surface area contributed by atoms with Crippen molar-refractivity contribution in [3.63, 3.8) is 0 Å². The minimum Gasteiger partial charge on any atom is -0.474 e. The van der Waals surface area contributed by atoms with Gasteiger partial charge in [0.25, 0.3) is 0 Å². The van der Waals surface area contributed by atoms with E-state index < -0.39 is 23.2 Å². The normalized spacial score (nSPS) is 27.4. The van der Waals surface area contributed by atoms with Crippen LogP contribution >= 0.6 is 0 Å². The van der Waals surface area contributed by atoms with Gasteiger partial charge in [-0.3, -0.25) is 14.7 Å². The molecule has 9 nitrogen and oxygen atoms in total. The summed E-state index contributed by atoms with van der Waals surface area (Å²) >= 11 is 0. The van der Waals surface area contributed by atoms with Crippen molar-refractivity contribution in [1.29, 1.82) is 5.26 Å². The number of Topliss-reactive ketones (excluding diaryl/α,β-unsaturated/α-hetero) is 1. The molecule has 1 spiro atoms. The van der Waals surface area contributed by atoms with Crippen LogP contribution in [0, 0.1) is 23.1 Å². The molecule has 186 valence electrons. The molecule has 3 aliphatic rings. The Balaban J connectivity index is 0.00000280. The molecule has 36 heavy (non-hydrogen) atoms. The van der Waals surface area contributed by atoms with Gasteiger partial charge in [-0.2, -0.15) is 10.4 Å². The summed E-state index contributed by atoms with van der Waals surface area (Å²) in [5, 5.41) is 16.2. The monoisotopic (exact) mass is 491 g/mol. The molecule has 6 rings (SSSR count). The van der Waals surface area contributed by atoms with Crippen molar-refractivity contribution in [3.05, 3.63) is 53.5 Å². The van der Waals surface area contributed by atoms with E-state index in [2.05, 4.69) is 21.3 Å². The lowest BCUT2D eigenvalue weighted by molar-refractivity contribution is -0.145. The van der Waals surface area contributed by atoms with Crippen LogP contribution in [0.15, 0.2) is 36.5 Å². The topological polar surface area (TPSA) is 121 Å². The molecule has 3 heterocycles. The SMILES string of the molecule is N#CC1COCCN1C(=O)CC1Cc2cccc(F)c2C2(CC(Oc3ccc4[nH]ncc4n3)C2)C1=O.[HH]. The Morgan fingerprint density at radius 2 is 2.22 bits per heavy atom. The van der Waals surface area contributed by atoms with E-state index in [1.807, 2.05) is 12.1 Å². The number of ether oxygens (including phenoxy) is 2. The molecule has 1 N–H and O–H groups in total. The smallest absolute Gasteiger partial charge is 0.224 e. The minimum absolute atomic E-state index is 0. The maximum Gasteiger partial charge on any atom is 0.224 e. The second-order valence-corrected chi connectivity index (χ2v) is 9.73. The van der Waals surface area contributed by atoms with Crippen LogP contribution in [-0.4, -0.2) is 63.7 Å². The number of hydrogen-bond donors (Lipinski definition) is 1. The highest BCUT2D eigenvalue weighted by Crippen LogP contribution is 2.53. The Bertz CT molecular complexity index is 1400. The average Bonchev–Trinajstić information content (AvgIpc) is 3.33. The first-order valence-corrected chi connectivity index (χ1v) is 12.0. The van der Waals surface area contributed by atoms with Crippen molar-refractivity contribution in [2.45, 2.75) is 43.2 Å². The molecule has 2 fully saturated rings. The van der Waals surface area contributed by atoms with Crippen LogP contribution in [-0.2, 0) is 26.2 Å². The predicted molar refractivity (Wildman–Crippen MR) is 126 cm³/mol. The molecular formula is C26H26FN5O4. The lowest BCUT2D eigenvalue weighted by Gasteiger charge is -2.50. The molecule has 1 aliphatic heterocycles. The van der Waals surface area contributed by atoms with E-state index in [4.69, 9.17) is 9.47 Å². The summed E-state index contributed by atoms with van der Waals surface area (Å²) in [6.07, 6.45) is 2.20. The fourth-order valence-corrected chi connectivity index (χ4v) is 5.90. The molecule has 2 aromatic heterocycles. The predicted octanol–water partition coefficient (Wildman–Crippen LogP) is 2.70. The summed E-state index contributed by atoms with van der Waals surface area (Å²) in [4.78, 5) is 32.9. The number of nitrogens with one attached hydrogen (secondary N) is 1. The highest BCUT2D eigenvalue weighted by Gasteiger charge is 2.58. The van der Waals surface area contributed by atoms with Crippen LogP contribution < -0.4 is 4.74 Å². The van der Waals surface area contributed by atoms with E-state index in [0.717, 1.165) is 11.1 Å². The molecule has 3 aromatic rings. The number of aromatic nitrogens is 3. The Hall–Kier alpha value is -3.84. The lowest BCUT2D eigenvalue weighted by atomic mass is 9.53. The second kappa shape index (κ2) is 8.68. The van der Waals surface area contributed by atoms with Crippen LogP contribution in [0.25, 0.3) is 11.0 Å². The second-order valence-electron chi connectivity index (χ2n) is 9.73. The van der Waals surface area contributed by atoms with Gasteiger partial charge in [0.05, 0.1) is 36.4 Å². The van der Waals surface area contributed by atoms with Gasteiger partial charge in [-0.15, -0.1) is 0 Å². The third kappa shape index (κ3) is 3.62. The quantitative estimate of drug-likeness (QED) is 0.596. The molecular weight excluding hydrogens is 465 g/mol. The van der Waals surface area contributed by atoms with Crippen molar-refractivity contribution >= 4 is 22.7 Å². The van der Waals surface area contributed by atoms with E-state index in [1.54, 1.807) is 18.3 Å². The maximum absolute atomic E-state index is 15.1. The van der Waals surface area contributed by atoms with Crippen molar-refractivity contribution in [1.82, 2.24) is 20.1 Å². The first-order valence-electron chi connectivity index (χ1n) is 12.0. The van der Waals surface area contributed by atoms with Gasteiger partial charge in [-0.25, -0.2) is 9.37 Å². The number of ketones is 1. The van der Waals surface area contributed by atoms with Crippen molar-refractivity contribution < 1.29 is 24.9 Å². The Kier molecular flexibility index (Phi) is 5.45. The number of nitrogens with zero attached hydrogens (tertiary/aromatic N) is 4. The number of pyridine rings is 1. The van der Waals surface area contributed by atoms with Crippen LogP contribution in [0.2, 0.25) is 0 Å². The molecule has 2 atom stereocenters. The maximum atomic E-state index is 15.1. The number of carbonyl (C=O) groups is 2. The molecule has 1 saturated heterocycles. The number of nitriles is 1. The lowest BCUT2D eigenvalue weighted by Crippen LogP contribution is -2.58. The Morgan fingerprint density at radius 1 is 1.36 bits per heavy atom. The average molecular weight is 492 g/mol. The van der Waals surface area contributed by atoms with Crippen LogP contribution in [0.4, 0.5) is 4.39 Å². The molecule has 1 saturated carbocycles. The molecule has 10 heteroatoms. The van der Waals surface area contributed by atoms with E-state index in [-0.39, 0.29) is 32.2 Å². The van der Waals surface area contributed by atoms with E-state index in [1.165, 1.54) is 11.0 Å². The highest BCUT2D eigenvalue weighted by atomic mass is 19.1. The fraction of sp³-hybridized carbons (Fsp3) is 0.423. The number of rotatable bonds is 4. The van der Waals surface area contributed by atoms with Crippen molar-refractivity contribution in [2.75, 3.05) is 19.8 Å². The van der Waals surface area contributed by atoms with Crippen molar-refractivity contribution in [3.8, 4) is 11.9 Å². The zero-order chi connectivity index (χ0) is 24.9. The summed E-state index contributed by atoms with van der Waals surface area (Å²) in [5.41, 5.74) is 1.61. The number of morpholine rings is 1. The first-order chi connectivity index (χ1) is 17.5. The summed E-state index contributed by atoms with van der Waals surface area (Å²) < 4.78 is 26.5. The zero-order valence-electron chi connectivity index (χ0n) is 19.4. The van der Waals surface area contributed by atoms with Gasteiger partial charge in [0, 0.05) is 44.8 Å². The zero-order valence-corrected chi connectivity index (χ0v) is 19.4. The Labute approximate surface area is 207 Å². The molecule has 2 unspecified atom stereocenters. The van der Waals surface area contributed by atoms with Gasteiger partial charge in [0.15, 0.2) is 0 Å². The Morgan fingerprint density at radius 3 is 3.06 bits per heavy atom. The third-order valence-electron chi connectivity index (χ3n) is 7.62. The summed E-state index contributed by atoms with van der Waals surface area (Å²) in [7, 11) is 0. The van der Waals surface area contributed by atoms with Gasteiger partial charge in [0.2, 0.25) is 11.8 Å². The van der Waals surface area contributed by atoms with Gasteiger partial charge < -0.3 is 14.4 Å². The minimum atomic E-state index is -1.03. The number of carbonyl (C=O) groups excluding carboxylic acids is 2. The number of benzene rings is 1. The van der Waals surface area contributed by atoms with Crippen LogP contribution in [0.1, 0.15) is 31.8 Å². The number of aromatic amines is 1. The van der Waals surface area contributed by atoms with Gasteiger partial charge >= 0.3 is 0 Å². The van der Waals surface area contributed by atoms with Gasteiger partial charge in [0.1, 0.15) is 29.3 Å². The van der Waals surface area contributed by atoms with Crippen molar-refractivity contribution in [2.24, 2.45) is 5.92 Å². The molecule has 2 aliphatic carbocycles. The number of amides is 1. The van der Waals surface area contributed by atoms with Gasteiger partial charge in [-0.05, 0) is 24.1 Å². The third-order valence-corrected chi connectivity index (χ3v) is 7.62. The molecule has 1 amide bonds. The summed E-state index contributed by atoms with van der Waals surface area (Å²) in [6.45, 7) is 0.840. The number of H-pyrrole nitrogens is 1. The summed E-state index contributed by atoms with van der Waals surface area (Å²) in [6, 6.07) is 9.85. The fourth-order valence-electron chi connectivity index (χ4n) is 5.90. The van der Waals surface area contributed by atoms with E-state index in [9.17, 15) is 14.9 Å². The van der Waals surface area contributed by atoms with Crippen LogP contribution in [0.3, 0.4) is 0 Å². The number of hydrogen-bond acceptors (Lipinski definition) is 7. The first kappa shape index (κ1) is 22.6. The highest BCUT2D eigenvalue weighted by molar-refractivity contribution is 5.98. The summed E-state index contributed by atoms with van der Waals surface area (Å²) in [5.74, 6) is -0.950. The standard InChI is InChI=1S/C26H24FN5O4.H2/c27-19-3-1-2-15-8-16(9-23(33)32-6-7-35-14-17(32)12-28)25(34)26(24(15)19)10-18(11-26)36-22-5-4-20-21(30-22)13-29-31-20;/h1-5,13,16-18H,6-11,14H2,(H,29,31);1H.